The quantitative estimate of drug-likeness (QED) is 0.168. The predicted molar refractivity (Wildman–Crippen MR) is 95.7 cm³/mol. The Bertz CT molecular complexity index is 593. The molecule has 0 amide bonds. The zero-order chi connectivity index (χ0) is 16.0. The molecule has 4 nitrogen and oxygen atoms in total. The molecule has 8 heteroatoms. The summed E-state index contributed by atoms with van der Waals surface area (Å²) >= 11 is 2.86. The van der Waals surface area contributed by atoms with Gasteiger partial charge in [-0.1, -0.05) is 10.8 Å². The van der Waals surface area contributed by atoms with Crippen LogP contribution in [0.5, 0.6) is 0 Å². The minimum absolute atomic E-state index is 0.000501. The van der Waals surface area contributed by atoms with Crippen molar-refractivity contribution >= 4 is 63.0 Å². The number of allylic oxidation sites excluding steroid dienone is 2. The summed E-state index contributed by atoms with van der Waals surface area (Å²) in [6, 6.07) is 0. The summed E-state index contributed by atoms with van der Waals surface area (Å²) in [5.41, 5.74) is 1.43. The van der Waals surface area contributed by atoms with Crippen molar-refractivity contribution in [2.45, 2.75) is 32.0 Å². The average Bonchev–Trinajstić information content (AvgIpc) is 2.78. The van der Waals surface area contributed by atoms with E-state index in [-0.39, 0.29) is 11.6 Å². The van der Waals surface area contributed by atoms with Crippen LogP contribution in [0.4, 0.5) is 0 Å². The van der Waals surface area contributed by atoms with Crippen LogP contribution in [0.25, 0.3) is 0 Å². The molecule has 114 valence electrons. The van der Waals surface area contributed by atoms with Gasteiger partial charge in [0.05, 0.1) is 26.3 Å². The Kier molecular flexibility index (Phi) is 7.72. The van der Waals surface area contributed by atoms with Crippen molar-refractivity contribution in [3.63, 3.8) is 0 Å². The fraction of sp³-hybridized carbons (Fsp3) is 0.385. The standard InChI is InChI=1S/C13H16N2O2S4/c1-7(14-5)11(9(3)16)18-6-19-21-13-15-8(2)12(20-13)10(4)17/h5-6H2,1-4H3/b11-7-. The van der Waals surface area contributed by atoms with E-state index in [2.05, 4.69) is 16.7 Å². The van der Waals surface area contributed by atoms with Crippen LogP contribution in [0.15, 0.2) is 19.9 Å². The van der Waals surface area contributed by atoms with Crippen molar-refractivity contribution in [1.29, 1.82) is 0 Å². The summed E-state index contributed by atoms with van der Waals surface area (Å²) in [6.45, 7) is 10.1. The number of aromatic nitrogens is 1. The highest BCUT2D eigenvalue weighted by Gasteiger charge is 2.13. The molecule has 0 aliphatic heterocycles. The molecule has 0 atom stereocenters. The number of carbonyl (C=O) groups is 2. The highest BCUT2D eigenvalue weighted by atomic mass is 33.1. The molecule has 0 saturated heterocycles. The summed E-state index contributed by atoms with van der Waals surface area (Å²) in [5.74, 6) is 0.0464. The van der Waals surface area contributed by atoms with Gasteiger partial charge in [0.2, 0.25) is 0 Å². The minimum atomic E-state index is -0.000501. The van der Waals surface area contributed by atoms with Crippen molar-refractivity contribution in [2.75, 3.05) is 5.08 Å². The number of rotatable bonds is 8. The molecule has 0 radical (unpaired) electrons. The Morgan fingerprint density at radius 2 is 2.00 bits per heavy atom. The molecule has 0 unspecified atom stereocenters. The summed E-state index contributed by atoms with van der Waals surface area (Å²) in [7, 11) is 3.10. The van der Waals surface area contributed by atoms with E-state index in [4.69, 9.17) is 0 Å². The average molecular weight is 361 g/mol. The first kappa shape index (κ1) is 18.5. The molecule has 0 aromatic carbocycles. The molecule has 1 rings (SSSR count). The molecule has 0 spiro atoms. The summed E-state index contributed by atoms with van der Waals surface area (Å²) in [6.07, 6.45) is 0. The molecule has 21 heavy (non-hydrogen) atoms. The molecule has 0 aliphatic carbocycles. The van der Waals surface area contributed by atoms with Crippen LogP contribution in [-0.4, -0.2) is 28.4 Å². The second-order valence-electron chi connectivity index (χ2n) is 4.04. The van der Waals surface area contributed by atoms with Gasteiger partial charge in [0.1, 0.15) is 0 Å². The normalized spacial score (nSPS) is 12.0. The first-order valence-electron chi connectivity index (χ1n) is 5.96. The second-order valence-corrected chi connectivity index (χ2v) is 8.94. The van der Waals surface area contributed by atoms with E-state index in [1.54, 1.807) is 24.6 Å². The van der Waals surface area contributed by atoms with Gasteiger partial charge in [-0.2, -0.15) is 0 Å². The second kappa shape index (κ2) is 8.77. The number of nitrogens with zero attached hydrogens (tertiary/aromatic N) is 2. The topological polar surface area (TPSA) is 59.4 Å². The SMILES string of the molecule is C=N/C(C)=C(\SCSSc1nc(C)c(C(C)=O)s1)C(C)=O. The molecular weight excluding hydrogens is 344 g/mol. The maximum Gasteiger partial charge on any atom is 0.171 e. The predicted octanol–water partition coefficient (Wildman–Crippen LogP) is 4.61. The monoisotopic (exact) mass is 360 g/mol. The van der Waals surface area contributed by atoms with Crippen molar-refractivity contribution in [2.24, 2.45) is 4.99 Å². The Balaban J connectivity index is 2.54. The number of Topliss-reactive ketones (excluding diaryl/α,β-unsaturated/α-hetero) is 2. The lowest BCUT2D eigenvalue weighted by Gasteiger charge is -2.04. The van der Waals surface area contributed by atoms with Crippen LogP contribution in [0.1, 0.15) is 36.1 Å². The third-order valence-corrected chi connectivity index (χ3v) is 8.01. The van der Waals surface area contributed by atoms with Gasteiger partial charge in [-0.3, -0.25) is 14.6 Å². The van der Waals surface area contributed by atoms with Gasteiger partial charge in [0.15, 0.2) is 15.9 Å². The van der Waals surface area contributed by atoms with Crippen molar-refractivity contribution in [3.8, 4) is 0 Å². The van der Waals surface area contributed by atoms with Crippen LogP contribution in [0.3, 0.4) is 0 Å². The fourth-order valence-electron chi connectivity index (χ4n) is 1.42. The Morgan fingerprint density at radius 1 is 1.33 bits per heavy atom. The van der Waals surface area contributed by atoms with Crippen LogP contribution in [-0.2, 0) is 4.79 Å². The zero-order valence-electron chi connectivity index (χ0n) is 12.3. The summed E-state index contributed by atoms with van der Waals surface area (Å²) in [5, 5.41) is 0.695. The lowest BCUT2D eigenvalue weighted by molar-refractivity contribution is -0.113. The van der Waals surface area contributed by atoms with Crippen LogP contribution in [0, 0.1) is 6.92 Å². The molecule has 0 fully saturated rings. The maximum absolute atomic E-state index is 11.5. The van der Waals surface area contributed by atoms with Gasteiger partial charge in [0.25, 0.3) is 0 Å². The molecule has 0 N–H and O–H groups in total. The third-order valence-electron chi connectivity index (χ3n) is 2.36. The third kappa shape index (κ3) is 5.61. The van der Waals surface area contributed by atoms with E-state index >= 15 is 0 Å². The maximum atomic E-state index is 11.5. The first-order valence-corrected chi connectivity index (χ1v) is 10.1. The van der Waals surface area contributed by atoms with E-state index in [0.717, 1.165) is 10.0 Å². The lowest BCUT2D eigenvalue weighted by Crippen LogP contribution is -1.95. The highest BCUT2D eigenvalue weighted by Crippen LogP contribution is 2.39. The number of ketones is 2. The number of carbonyl (C=O) groups excluding carboxylic acids is 2. The Labute approximate surface area is 140 Å². The van der Waals surface area contributed by atoms with Gasteiger partial charge in [0, 0.05) is 6.92 Å². The van der Waals surface area contributed by atoms with Gasteiger partial charge in [-0.05, 0) is 38.3 Å². The zero-order valence-corrected chi connectivity index (χ0v) is 15.5. The number of thioether (sulfide) groups is 1. The lowest BCUT2D eigenvalue weighted by atomic mass is 10.3. The first-order chi connectivity index (χ1) is 9.86. The summed E-state index contributed by atoms with van der Waals surface area (Å²) in [4.78, 5) is 32.4. The molecule has 0 bridgehead atoms. The molecular formula is C13H16N2O2S4. The van der Waals surface area contributed by atoms with Crippen molar-refractivity contribution in [1.82, 2.24) is 4.98 Å². The van der Waals surface area contributed by atoms with E-state index in [1.807, 2.05) is 6.92 Å². The number of aliphatic imine (C=N–C) groups is 1. The van der Waals surface area contributed by atoms with Crippen LogP contribution < -0.4 is 0 Å². The Hall–Kier alpha value is -0.570. The molecule has 1 heterocycles. The van der Waals surface area contributed by atoms with E-state index in [9.17, 15) is 9.59 Å². The number of thiazole rings is 1. The molecule has 0 aliphatic rings. The minimum Gasteiger partial charge on any atom is -0.294 e. The van der Waals surface area contributed by atoms with Crippen LogP contribution in [0.2, 0.25) is 0 Å². The largest absolute Gasteiger partial charge is 0.294 e. The van der Waals surface area contributed by atoms with Gasteiger partial charge < -0.3 is 0 Å². The fourth-order valence-corrected chi connectivity index (χ4v) is 6.13. The van der Waals surface area contributed by atoms with E-state index in [0.29, 0.717) is 20.6 Å². The number of hydrogen-bond acceptors (Lipinski definition) is 8. The summed E-state index contributed by atoms with van der Waals surface area (Å²) < 4.78 is 0.857. The molecule has 1 aromatic heterocycles. The number of aryl methyl sites for hydroxylation is 1. The van der Waals surface area contributed by atoms with Crippen LogP contribution >= 0.6 is 44.7 Å². The van der Waals surface area contributed by atoms with E-state index in [1.165, 1.54) is 40.8 Å². The van der Waals surface area contributed by atoms with Crippen molar-refractivity contribution < 1.29 is 9.59 Å². The number of hydrogen-bond donors (Lipinski definition) is 0. The van der Waals surface area contributed by atoms with E-state index < -0.39 is 0 Å². The molecule has 1 aromatic rings. The van der Waals surface area contributed by atoms with Gasteiger partial charge in [-0.25, -0.2) is 4.98 Å². The highest BCUT2D eigenvalue weighted by molar-refractivity contribution is 8.78. The Morgan fingerprint density at radius 3 is 2.48 bits per heavy atom. The van der Waals surface area contributed by atoms with Gasteiger partial charge >= 0.3 is 0 Å². The van der Waals surface area contributed by atoms with Crippen molar-refractivity contribution in [3.05, 3.63) is 21.2 Å². The molecule has 0 saturated carbocycles. The van der Waals surface area contributed by atoms with Gasteiger partial charge in [-0.15, -0.1) is 23.1 Å². The smallest absolute Gasteiger partial charge is 0.171 e.